The number of aryl methyl sites for hydroxylation is 1. The van der Waals surface area contributed by atoms with Gasteiger partial charge in [0.15, 0.2) is 5.76 Å². The summed E-state index contributed by atoms with van der Waals surface area (Å²) in [6.07, 6.45) is 1.29. The Kier molecular flexibility index (Phi) is 5.10. The molecule has 0 aliphatic carbocycles. The molecule has 1 amide bonds. The number of rotatable bonds is 4. The van der Waals surface area contributed by atoms with Gasteiger partial charge in [-0.2, -0.15) is 0 Å². The molecule has 116 valence electrons. The molecule has 1 fully saturated rings. The van der Waals surface area contributed by atoms with Crippen molar-refractivity contribution in [3.8, 4) is 0 Å². The fraction of sp³-hybridized carbons (Fsp3) is 0.375. The predicted octanol–water partition coefficient (Wildman–Crippen LogP) is 3.78. The van der Waals surface area contributed by atoms with E-state index in [1.54, 1.807) is 0 Å². The molecule has 0 saturated carbocycles. The van der Waals surface area contributed by atoms with Crippen LogP contribution < -0.4 is 5.32 Å². The molecule has 3 rings (SSSR count). The molecule has 1 saturated heterocycles. The zero-order chi connectivity index (χ0) is 15.4. The average Bonchev–Trinajstić information content (AvgIpc) is 2.99. The Hall–Kier alpha value is -1.40. The first-order valence-electron chi connectivity index (χ1n) is 7.26. The van der Waals surface area contributed by atoms with Gasteiger partial charge in [0.05, 0.1) is 16.8 Å². The lowest BCUT2D eigenvalue weighted by Crippen LogP contribution is -2.22. The third-order valence-electron chi connectivity index (χ3n) is 3.37. The van der Waals surface area contributed by atoms with Gasteiger partial charge in [-0.25, -0.2) is 0 Å². The number of hydrogen-bond donors (Lipinski definition) is 1. The summed E-state index contributed by atoms with van der Waals surface area (Å²) in [4.78, 5) is 12.1. The first kappa shape index (κ1) is 15.5. The number of aromatic nitrogens is 1. The molecule has 0 radical (unpaired) electrons. The van der Waals surface area contributed by atoms with Crippen molar-refractivity contribution in [3.63, 3.8) is 0 Å². The van der Waals surface area contributed by atoms with Crippen LogP contribution in [-0.4, -0.2) is 22.6 Å². The minimum Gasteiger partial charge on any atom is -0.359 e. The molecule has 1 aliphatic heterocycles. The summed E-state index contributed by atoms with van der Waals surface area (Å²) in [6, 6.07) is 9.73. The second kappa shape index (κ2) is 7.24. The maximum Gasteiger partial charge on any atom is 0.251 e. The van der Waals surface area contributed by atoms with Gasteiger partial charge in [-0.1, -0.05) is 17.3 Å². The van der Waals surface area contributed by atoms with Gasteiger partial charge in [-0.15, -0.1) is 23.5 Å². The van der Waals surface area contributed by atoms with Crippen molar-refractivity contribution < 1.29 is 9.32 Å². The summed E-state index contributed by atoms with van der Waals surface area (Å²) in [5.41, 5.74) is 2.78. The van der Waals surface area contributed by atoms with Crippen LogP contribution in [0.25, 0.3) is 0 Å². The molecule has 0 spiro atoms. The van der Waals surface area contributed by atoms with Gasteiger partial charge in [0.2, 0.25) is 0 Å². The fourth-order valence-corrected chi connectivity index (χ4v) is 5.14. The number of nitrogens with one attached hydrogen (secondary N) is 1. The molecular formula is C16H18N2O2S2. The number of carbonyl (C=O) groups is 1. The summed E-state index contributed by atoms with van der Waals surface area (Å²) in [5.74, 6) is 3.01. The van der Waals surface area contributed by atoms with Crippen LogP contribution in [0, 0.1) is 6.92 Å². The van der Waals surface area contributed by atoms with Gasteiger partial charge in [0.1, 0.15) is 0 Å². The van der Waals surface area contributed by atoms with Gasteiger partial charge < -0.3 is 9.84 Å². The minimum atomic E-state index is -0.0930. The molecular weight excluding hydrogens is 316 g/mol. The van der Waals surface area contributed by atoms with Crippen LogP contribution in [-0.2, 0) is 6.54 Å². The molecule has 1 aromatic carbocycles. The van der Waals surface area contributed by atoms with Crippen molar-refractivity contribution in [1.82, 2.24) is 10.5 Å². The van der Waals surface area contributed by atoms with E-state index in [0.717, 1.165) is 5.69 Å². The number of benzene rings is 1. The topological polar surface area (TPSA) is 55.1 Å². The second-order valence-corrected chi connectivity index (χ2v) is 7.89. The van der Waals surface area contributed by atoms with Crippen LogP contribution >= 0.6 is 23.5 Å². The molecule has 0 bridgehead atoms. The van der Waals surface area contributed by atoms with E-state index < -0.39 is 0 Å². The fourth-order valence-electron chi connectivity index (χ4n) is 2.24. The first-order chi connectivity index (χ1) is 10.7. The number of nitrogens with zero attached hydrogens (tertiary/aromatic N) is 1. The maximum absolute atomic E-state index is 12.1. The number of carbonyl (C=O) groups excluding carboxylic acids is 1. The molecule has 1 aliphatic rings. The average molecular weight is 334 g/mol. The van der Waals surface area contributed by atoms with Crippen molar-refractivity contribution in [1.29, 1.82) is 0 Å². The summed E-state index contributed by atoms with van der Waals surface area (Å²) >= 11 is 3.97. The van der Waals surface area contributed by atoms with E-state index in [1.165, 1.54) is 23.5 Å². The van der Waals surface area contributed by atoms with Crippen molar-refractivity contribution in [2.45, 2.75) is 24.5 Å². The van der Waals surface area contributed by atoms with Gasteiger partial charge in [0, 0.05) is 11.6 Å². The molecule has 6 heteroatoms. The summed E-state index contributed by atoms with van der Waals surface area (Å²) in [5, 5.41) is 6.64. The van der Waals surface area contributed by atoms with E-state index in [4.69, 9.17) is 4.52 Å². The number of amides is 1. The summed E-state index contributed by atoms with van der Waals surface area (Å²) < 4.78 is 5.58. The quantitative estimate of drug-likeness (QED) is 0.922. The lowest BCUT2D eigenvalue weighted by atomic mass is 10.1. The Morgan fingerprint density at radius 3 is 2.68 bits per heavy atom. The molecule has 22 heavy (non-hydrogen) atoms. The van der Waals surface area contributed by atoms with E-state index in [2.05, 4.69) is 22.6 Å². The van der Waals surface area contributed by atoms with Gasteiger partial charge in [-0.05, 0) is 42.5 Å². The monoisotopic (exact) mass is 334 g/mol. The smallest absolute Gasteiger partial charge is 0.251 e. The van der Waals surface area contributed by atoms with Gasteiger partial charge in [0.25, 0.3) is 5.91 Å². The molecule has 2 heterocycles. The van der Waals surface area contributed by atoms with Crippen LogP contribution in [0.1, 0.15) is 38.4 Å². The maximum atomic E-state index is 12.1. The lowest BCUT2D eigenvalue weighted by Gasteiger charge is -2.21. The number of thioether (sulfide) groups is 2. The van der Waals surface area contributed by atoms with E-state index in [1.807, 2.05) is 48.6 Å². The van der Waals surface area contributed by atoms with E-state index in [0.29, 0.717) is 22.5 Å². The standard InChI is InChI=1S/C16H18N2O2S2/c1-11-9-14(20-18-11)10-17-15(19)12-3-5-13(6-4-12)16-21-7-2-8-22-16/h3-6,9,16H,2,7-8,10H2,1H3,(H,17,19). The SMILES string of the molecule is Cc1cc(CNC(=O)c2ccc(C3SCCCS3)cc2)on1. The van der Waals surface area contributed by atoms with Crippen LogP contribution in [0.4, 0.5) is 0 Å². The molecule has 4 nitrogen and oxygen atoms in total. The number of hydrogen-bond acceptors (Lipinski definition) is 5. The highest BCUT2D eigenvalue weighted by Crippen LogP contribution is 2.43. The first-order valence-corrected chi connectivity index (χ1v) is 9.36. The Morgan fingerprint density at radius 1 is 1.32 bits per heavy atom. The van der Waals surface area contributed by atoms with Crippen LogP contribution in [0.2, 0.25) is 0 Å². The van der Waals surface area contributed by atoms with Crippen LogP contribution in [0.3, 0.4) is 0 Å². The molecule has 1 aromatic heterocycles. The largest absolute Gasteiger partial charge is 0.359 e. The van der Waals surface area contributed by atoms with Gasteiger partial charge >= 0.3 is 0 Å². The highest BCUT2D eigenvalue weighted by Gasteiger charge is 2.17. The second-order valence-electron chi connectivity index (χ2n) is 5.17. The third-order valence-corrected chi connectivity index (χ3v) is 6.39. The predicted molar refractivity (Wildman–Crippen MR) is 91.1 cm³/mol. The summed E-state index contributed by atoms with van der Waals surface area (Å²) in [6.45, 7) is 2.21. The van der Waals surface area contributed by atoms with Gasteiger partial charge in [-0.3, -0.25) is 4.79 Å². The zero-order valence-corrected chi connectivity index (χ0v) is 14.0. The minimum absolute atomic E-state index is 0.0930. The Bertz CT molecular complexity index is 634. The van der Waals surface area contributed by atoms with Crippen molar-refractivity contribution in [3.05, 3.63) is 52.9 Å². The normalized spacial score (nSPS) is 15.7. The van der Waals surface area contributed by atoms with Crippen molar-refractivity contribution in [2.75, 3.05) is 11.5 Å². The Balaban J connectivity index is 1.58. The van der Waals surface area contributed by atoms with E-state index >= 15 is 0 Å². The molecule has 0 atom stereocenters. The van der Waals surface area contributed by atoms with E-state index in [9.17, 15) is 4.79 Å². The van der Waals surface area contributed by atoms with Crippen LogP contribution in [0.15, 0.2) is 34.9 Å². The Labute approximate surface area is 138 Å². The molecule has 2 aromatic rings. The highest BCUT2D eigenvalue weighted by molar-refractivity contribution is 8.16. The summed E-state index contributed by atoms with van der Waals surface area (Å²) in [7, 11) is 0. The molecule has 0 unspecified atom stereocenters. The lowest BCUT2D eigenvalue weighted by molar-refractivity contribution is 0.0947. The Morgan fingerprint density at radius 2 is 2.05 bits per heavy atom. The van der Waals surface area contributed by atoms with Crippen molar-refractivity contribution >= 4 is 29.4 Å². The molecule has 1 N–H and O–H groups in total. The van der Waals surface area contributed by atoms with Crippen LogP contribution in [0.5, 0.6) is 0 Å². The highest BCUT2D eigenvalue weighted by atomic mass is 32.2. The van der Waals surface area contributed by atoms with Crippen molar-refractivity contribution in [2.24, 2.45) is 0 Å². The zero-order valence-electron chi connectivity index (χ0n) is 12.4. The van der Waals surface area contributed by atoms with E-state index in [-0.39, 0.29) is 5.91 Å². The third kappa shape index (κ3) is 3.87.